The fourth-order valence-electron chi connectivity index (χ4n) is 2.36. The largest absolute Gasteiger partial charge is 0.481 e. The minimum atomic E-state index is -0.764. The smallest absolute Gasteiger partial charge is 0.311 e. The van der Waals surface area contributed by atoms with Gasteiger partial charge in [0.15, 0.2) is 5.82 Å². The molecule has 6 heteroatoms. The second-order valence-corrected chi connectivity index (χ2v) is 5.56. The standard InChI is InChI=1S/C14H16N4O2/c1-9-3-4-10(2)11(7-9)12-15-16-17-18(12)8-14(5-6-14)13(19)20/h3-4,7H,5-6,8H2,1-2H3,(H,19,20). The first-order valence-corrected chi connectivity index (χ1v) is 6.59. The van der Waals surface area contributed by atoms with Gasteiger partial charge in [-0.3, -0.25) is 4.79 Å². The highest BCUT2D eigenvalue weighted by atomic mass is 16.4. The molecule has 1 fully saturated rings. The molecule has 1 aliphatic rings. The highest BCUT2D eigenvalue weighted by Crippen LogP contribution is 2.47. The summed E-state index contributed by atoms with van der Waals surface area (Å²) >= 11 is 0. The van der Waals surface area contributed by atoms with Crippen molar-refractivity contribution in [2.75, 3.05) is 0 Å². The van der Waals surface area contributed by atoms with Gasteiger partial charge in [-0.25, -0.2) is 4.68 Å². The van der Waals surface area contributed by atoms with Crippen molar-refractivity contribution >= 4 is 5.97 Å². The molecule has 1 aromatic carbocycles. The van der Waals surface area contributed by atoms with Gasteiger partial charge in [0.25, 0.3) is 0 Å². The summed E-state index contributed by atoms with van der Waals surface area (Å²) in [5, 5.41) is 21.0. The predicted molar refractivity (Wildman–Crippen MR) is 72.0 cm³/mol. The Morgan fingerprint density at radius 2 is 2.15 bits per heavy atom. The average molecular weight is 272 g/mol. The number of hydrogen-bond acceptors (Lipinski definition) is 4. The molecule has 0 radical (unpaired) electrons. The van der Waals surface area contributed by atoms with Crippen LogP contribution in [0.5, 0.6) is 0 Å². The van der Waals surface area contributed by atoms with Gasteiger partial charge in [0.1, 0.15) is 0 Å². The van der Waals surface area contributed by atoms with Crippen LogP contribution in [0.3, 0.4) is 0 Å². The minimum absolute atomic E-state index is 0.331. The van der Waals surface area contributed by atoms with Crippen LogP contribution in [0.1, 0.15) is 24.0 Å². The number of hydrogen-bond donors (Lipinski definition) is 1. The van der Waals surface area contributed by atoms with Crippen molar-refractivity contribution in [3.63, 3.8) is 0 Å². The maximum atomic E-state index is 11.3. The summed E-state index contributed by atoms with van der Waals surface area (Å²) in [6.45, 7) is 4.34. The summed E-state index contributed by atoms with van der Waals surface area (Å²) in [6, 6.07) is 6.08. The number of carboxylic acid groups (broad SMARTS) is 1. The number of carboxylic acids is 1. The summed E-state index contributed by atoms with van der Waals surface area (Å²) in [5.41, 5.74) is 2.48. The molecule has 1 N–H and O–H groups in total. The van der Waals surface area contributed by atoms with E-state index in [2.05, 4.69) is 15.5 Å². The van der Waals surface area contributed by atoms with Crippen molar-refractivity contribution in [1.29, 1.82) is 0 Å². The lowest BCUT2D eigenvalue weighted by Crippen LogP contribution is -2.22. The number of aliphatic carboxylic acids is 1. The van der Waals surface area contributed by atoms with Crippen LogP contribution < -0.4 is 0 Å². The number of aryl methyl sites for hydroxylation is 2. The lowest BCUT2D eigenvalue weighted by atomic mass is 10.0. The first kappa shape index (κ1) is 12.8. The van der Waals surface area contributed by atoms with Gasteiger partial charge in [-0.1, -0.05) is 17.7 Å². The van der Waals surface area contributed by atoms with Crippen LogP contribution in [0, 0.1) is 19.3 Å². The van der Waals surface area contributed by atoms with Gasteiger partial charge in [0.2, 0.25) is 0 Å². The van der Waals surface area contributed by atoms with Crippen LogP contribution in [0.25, 0.3) is 11.4 Å². The Hall–Kier alpha value is -2.24. The van der Waals surface area contributed by atoms with Gasteiger partial charge in [-0.15, -0.1) is 5.10 Å². The Balaban J connectivity index is 1.98. The van der Waals surface area contributed by atoms with E-state index in [1.165, 1.54) is 0 Å². The Labute approximate surface area is 116 Å². The van der Waals surface area contributed by atoms with Crippen LogP contribution >= 0.6 is 0 Å². The van der Waals surface area contributed by atoms with E-state index in [4.69, 9.17) is 0 Å². The van der Waals surface area contributed by atoms with Crippen molar-refractivity contribution in [1.82, 2.24) is 20.2 Å². The summed E-state index contributed by atoms with van der Waals surface area (Å²) in [7, 11) is 0. The number of nitrogens with zero attached hydrogens (tertiary/aromatic N) is 4. The van der Waals surface area contributed by atoms with Crippen LogP contribution in [-0.4, -0.2) is 31.3 Å². The molecule has 1 heterocycles. The highest BCUT2D eigenvalue weighted by molar-refractivity contribution is 5.77. The second kappa shape index (κ2) is 4.40. The molecule has 0 bridgehead atoms. The van der Waals surface area contributed by atoms with Gasteiger partial charge >= 0.3 is 5.97 Å². The Morgan fingerprint density at radius 3 is 2.80 bits per heavy atom. The van der Waals surface area contributed by atoms with E-state index in [1.54, 1.807) is 4.68 Å². The van der Waals surface area contributed by atoms with Crippen LogP contribution in [0.15, 0.2) is 18.2 Å². The molecule has 0 aliphatic heterocycles. The molecule has 0 unspecified atom stereocenters. The van der Waals surface area contributed by atoms with Crippen LogP contribution in [0.4, 0.5) is 0 Å². The molecule has 3 rings (SSSR count). The van der Waals surface area contributed by atoms with Crippen molar-refractivity contribution in [3.8, 4) is 11.4 Å². The zero-order valence-electron chi connectivity index (χ0n) is 11.5. The lowest BCUT2D eigenvalue weighted by Gasteiger charge is -2.12. The van der Waals surface area contributed by atoms with E-state index in [1.807, 2.05) is 32.0 Å². The van der Waals surface area contributed by atoms with Gasteiger partial charge < -0.3 is 5.11 Å². The third-order valence-electron chi connectivity index (χ3n) is 3.93. The Morgan fingerprint density at radius 1 is 1.40 bits per heavy atom. The summed E-state index contributed by atoms with van der Waals surface area (Å²) in [6.07, 6.45) is 1.38. The topological polar surface area (TPSA) is 80.9 Å². The first-order chi connectivity index (χ1) is 9.52. The average Bonchev–Trinajstić information content (AvgIpc) is 3.05. The molecule has 1 saturated carbocycles. The fourth-order valence-corrected chi connectivity index (χ4v) is 2.36. The molecular weight excluding hydrogens is 256 g/mol. The summed E-state index contributed by atoms with van der Waals surface area (Å²) in [5.74, 6) is -0.126. The first-order valence-electron chi connectivity index (χ1n) is 6.59. The van der Waals surface area contributed by atoms with E-state index < -0.39 is 11.4 Å². The van der Waals surface area contributed by atoms with E-state index >= 15 is 0 Å². The molecule has 1 aromatic heterocycles. The predicted octanol–water partition coefficient (Wildman–Crippen LogP) is 1.82. The number of tetrazole rings is 1. The fraction of sp³-hybridized carbons (Fsp3) is 0.429. The van der Waals surface area contributed by atoms with Crippen molar-refractivity contribution in [2.45, 2.75) is 33.2 Å². The van der Waals surface area contributed by atoms with Gasteiger partial charge in [0, 0.05) is 5.56 Å². The van der Waals surface area contributed by atoms with Gasteiger partial charge in [0.05, 0.1) is 12.0 Å². The lowest BCUT2D eigenvalue weighted by molar-refractivity contribution is -0.144. The highest BCUT2D eigenvalue weighted by Gasteiger charge is 2.51. The molecule has 0 saturated heterocycles. The molecule has 2 aromatic rings. The summed E-state index contributed by atoms with van der Waals surface area (Å²) in [4.78, 5) is 11.3. The maximum Gasteiger partial charge on any atom is 0.311 e. The maximum absolute atomic E-state index is 11.3. The van der Waals surface area contributed by atoms with E-state index in [0.29, 0.717) is 25.2 Å². The Kier molecular flexibility index (Phi) is 2.81. The molecule has 6 nitrogen and oxygen atoms in total. The molecular formula is C14H16N4O2. The van der Waals surface area contributed by atoms with Crippen LogP contribution in [-0.2, 0) is 11.3 Å². The quantitative estimate of drug-likeness (QED) is 0.918. The normalized spacial score (nSPS) is 16.1. The third-order valence-corrected chi connectivity index (χ3v) is 3.93. The van der Waals surface area contributed by atoms with Crippen molar-refractivity contribution in [2.24, 2.45) is 5.41 Å². The summed E-state index contributed by atoms with van der Waals surface area (Å²) < 4.78 is 1.61. The number of rotatable bonds is 4. The molecule has 0 spiro atoms. The monoisotopic (exact) mass is 272 g/mol. The van der Waals surface area contributed by atoms with E-state index in [0.717, 1.165) is 16.7 Å². The zero-order valence-corrected chi connectivity index (χ0v) is 11.5. The molecule has 104 valence electrons. The number of aromatic nitrogens is 4. The van der Waals surface area contributed by atoms with Crippen molar-refractivity contribution < 1.29 is 9.90 Å². The molecule has 20 heavy (non-hydrogen) atoms. The molecule has 1 aliphatic carbocycles. The van der Waals surface area contributed by atoms with Crippen molar-refractivity contribution in [3.05, 3.63) is 29.3 Å². The number of benzene rings is 1. The SMILES string of the molecule is Cc1ccc(C)c(-c2nnnn2CC2(C(=O)O)CC2)c1. The van der Waals surface area contributed by atoms with Crippen LogP contribution in [0.2, 0.25) is 0 Å². The Bertz CT molecular complexity index is 674. The van der Waals surface area contributed by atoms with Gasteiger partial charge in [-0.2, -0.15) is 0 Å². The molecule has 0 atom stereocenters. The molecule has 0 amide bonds. The second-order valence-electron chi connectivity index (χ2n) is 5.56. The zero-order chi connectivity index (χ0) is 14.3. The minimum Gasteiger partial charge on any atom is -0.481 e. The third kappa shape index (κ3) is 2.07. The van der Waals surface area contributed by atoms with E-state index in [9.17, 15) is 9.90 Å². The van der Waals surface area contributed by atoms with Gasteiger partial charge in [-0.05, 0) is 48.7 Å². The number of carbonyl (C=O) groups is 1. The van der Waals surface area contributed by atoms with E-state index in [-0.39, 0.29) is 0 Å².